The van der Waals surface area contributed by atoms with E-state index in [0.717, 1.165) is 11.4 Å². The molecule has 0 saturated carbocycles. The molecule has 2 aromatic carbocycles. The van der Waals surface area contributed by atoms with Gasteiger partial charge in [-0.15, -0.1) is 0 Å². The van der Waals surface area contributed by atoms with E-state index in [4.69, 9.17) is 11.6 Å². The van der Waals surface area contributed by atoms with E-state index in [-0.39, 0.29) is 33.8 Å². The number of benzene rings is 2. The minimum Gasteiger partial charge on any atom is -0.339 e. The zero-order valence-electron chi connectivity index (χ0n) is 18.2. The quantitative estimate of drug-likeness (QED) is 0.404. The molecule has 1 amide bonds. The monoisotopic (exact) mass is 469 g/mol. The summed E-state index contributed by atoms with van der Waals surface area (Å²) in [4.78, 5) is 38.0. The number of rotatable bonds is 6. The van der Waals surface area contributed by atoms with Gasteiger partial charge in [0.1, 0.15) is 10.8 Å². The molecule has 1 aliphatic rings. The van der Waals surface area contributed by atoms with Crippen molar-refractivity contribution in [2.24, 2.45) is 0 Å². The van der Waals surface area contributed by atoms with Crippen LogP contribution < -0.4 is 5.69 Å². The van der Waals surface area contributed by atoms with Crippen LogP contribution in [0.15, 0.2) is 53.3 Å². The molecule has 0 bridgehead atoms. The van der Waals surface area contributed by atoms with Gasteiger partial charge in [0, 0.05) is 37.2 Å². The summed E-state index contributed by atoms with van der Waals surface area (Å²) in [6, 6.07) is 13.8. The topological polar surface area (TPSA) is 103 Å². The molecule has 0 radical (unpaired) electrons. The minimum absolute atomic E-state index is 0.00103. The van der Waals surface area contributed by atoms with Crippen LogP contribution in [-0.2, 0) is 13.1 Å². The second-order valence-electron chi connectivity index (χ2n) is 8.02. The largest absolute Gasteiger partial charge is 0.346 e. The Labute approximate surface area is 195 Å². The first kappa shape index (κ1) is 22.7. The van der Waals surface area contributed by atoms with E-state index in [0.29, 0.717) is 39.0 Å². The minimum atomic E-state index is -0.596. The summed E-state index contributed by atoms with van der Waals surface area (Å²) in [5.41, 5.74) is 0.822. The molecule has 4 rings (SSSR count). The van der Waals surface area contributed by atoms with Gasteiger partial charge in [0.05, 0.1) is 11.5 Å². The highest BCUT2D eigenvalue weighted by Crippen LogP contribution is 2.29. The van der Waals surface area contributed by atoms with Crippen LogP contribution in [0.2, 0.25) is 5.02 Å². The van der Waals surface area contributed by atoms with Crippen LogP contribution >= 0.6 is 11.6 Å². The highest BCUT2D eigenvalue weighted by Gasteiger charge is 2.29. The van der Waals surface area contributed by atoms with E-state index in [1.165, 1.54) is 22.9 Å². The molecular formula is C23H24ClN5O4. The molecule has 10 heteroatoms. The van der Waals surface area contributed by atoms with Crippen molar-refractivity contribution in [3.8, 4) is 0 Å². The second kappa shape index (κ2) is 9.58. The number of carbonyl (C=O) groups is 1. The molecular weight excluding hydrogens is 446 g/mol. The number of likely N-dealkylation sites (tertiary alicyclic amines) is 1. The molecule has 0 atom stereocenters. The van der Waals surface area contributed by atoms with E-state index in [1.807, 2.05) is 37.3 Å². The van der Waals surface area contributed by atoms with Gasteiger partial charge in [-0.25, -0.2) is 9.48 Å². The Morgan fingerprint density at radius 1 is 1.18 bits per heavy atom. The van der Waals surface area contributed by atoms with E-state index >= 15 is 0 Å². The van der Waals surface area contributed by atoms with Crippen LogP contribution in [0.4, 0.5) is 5.69 Å². The zero-order valence-corrected chi connectivity index (χ0v) is 18.9. The molecule has 0 unspecified atom stereocenters. The van der Waals surface area contributed by atoms with E-state index < -0.39 is 4.92 Å². The van der Waals surface area contributed by atoms with Crippen molar-refractivity contribution < 1.29 is 9.72 Å². The molecule has 0 spiro atoms. The highest BCUT2D eigenvalue weighted by molar-refractivity contribution is 6.32. The number of aromatic nitrogens is 3. The third kappa shape index (κ3) is 4.68. The van der Waals surface area contributed by atoms with E-state index in [2.05, 4.69) is 5.10 Å². The first-order chi connectivity index (χ1) is 15.9. The molecule has 2 heterocycles. The maximum atomic E-state index is 12.9. The van der Waals surface area contributed by atoms with Crippen LogP contribution in [0.3, 0.4) is 0 Å². The number of halogens is 1. The number of hydrogen-bond acceptors (Lipinski definition) is 5. The zero-order chi connectivity index (χ0) is 23.5. The van der Waals surface area contributed by atoms with Gasteiger partial charge in [-0.05, 0) is 37.5 Å². The Balaban J connectivity index is 1.48. The van der Waals surface area contributed by atoms with Crippen LogP contribution in [0.25, 0.3) is 0 Å². The molecule has 33 heavy (non-hydrogen) atoms. The predicted molar refractivity (Wildman–Crippen MR) is 124 cm³/mol. The second-order valence-corrected chi connectivity index (χ2v) is 8.43. The summed E-state index contributed by atoms with van der Waals surface area (Å²) in [7, 11) is 0. The van der Waals surface area contributed by atoms with E-state index in [9.17, 15) is 19.7 Å². The number of piperidine rings is 1. The van der Waals surface area contributed by atoms with Crippen molar-refractivity contribution in [2.75, 3.05) is 13.1 Å². The molecule has 9 nitrogen and oxygen atoms in total. The van der Waals surface area contributed by atoms with Crippen molar-refractivity contribution in [2.45, 2.75) is 38.8 Å². The molecule has 1 saturated heterocycles. The average Bonchev–Trinajstić information content (AvgIpc) is 3.14. The molecule has 1 fully saturated rings. The van der Waals surface area contributed by atoms with Crippen molar-refractivity contribution in [3.63, 3.8) is 0 Å². The van der Waals surface area contributed by atoms with Crippen molar-refractivity contribution in [1.82, 2.24) is 19.2 Å². The van der Waals surface area contributed by atoms with Crippen LogP contribution in [-0.4, -0.2) is 43.2 Å². The van der Waals surface area contributed by atoms with Crippen molar-refractivity contribution in [1.29, 1.82) is 0 Å². The van der Waals surface area contributed by atoms with Gasteiger partial charge >= 0.3 is 5.69 Å². The first-order valence-electron chi connectivity index (χ1n) is 10.8. The summed E-state index contributed by atoms with van der Waals surface area (Å²) >= 11 is 5.86. The molecule has 0 aliphatic carbocycles. The normalized spacial score (nSPS) is 14.4. The summed E-state index contributed by atoms with van der Waals surface area (Å²) in [5.74, 6) is 0.529. The molecule has 3 aromatic rings. The number of nitrogens with zero attached hydrogens (tertiary/aromatic N) is 5. The Kier molecular flexibility index (Phi) is 6.60. The number of amides is 1. The predicted octanol–water partition coefficient (Wildman–Crippen LogP) is 3.69. The lowest BCUT2D eigenvalue weighted by atomic mass is 9.95. The van der Waals surface area contributed by atoms with Crippen LogP contribution in [0.1, 0.15) is 47.4 Å². The number of hydrogen-bond donors (Lipinski definition) is 0. The van der Waals surface area contributed by atoms with Gasteiger partial charge in [-0.3, -0.25) is 19.5 Å². The third-order valence-corrected chi connectivity index (χ3v) is 6.30. The maximum Gasteiger partial charge on any atom is 0.346 e. The first-order valence-corrected chi connectivity index (χ1v) is 11.2. The van der Waals surface area contributed by atoms with Gasteiger partial charge in [0.25, 0.3) is 11.6 Å². The summed E-state index contributed by atoms with van der Waals surface area (Å²) in [6.07, 6.45) is 1.31. The van der Waals surface area contributed by atoms with Crippen molar-refractivity contribution in [3.05, 3.63) is 91.1 Å². The van der Waals surface area contributed by atoms with Gasteiger partial charge in [-0.1, -0.05) is 41.9 Å². The van der Waals surface area contributed by atoms with Crippen LogP contribution in [0, 0.1) is 10.1 Å². The van der Waals surface area contributed by atoms with Gasteiger partial charge in [0.15, 0.2) is 0 Å². The van der Waals surface area contributed by atoms with Crippen molar-refractivity contribution >= 4 is 23.2 Å². The van der Waals surface area contributed by atoms with Gasteiger partial charge in [0.2, 0.25) is 0 Å². The van der Waals surface area contributed by atoms with Gasteiger partial charge < -0.3 is 4.90 Å². The fourth-order valence-corrected chi connectivity index (χ4v) is 4.41. The van der Waals surface area contributed by atoms with Gasteiger partial charge in [-0.2, -0.15) is 5.10 Å². The Morgan fingerprint density at radius 3 is 2.52 bits per heavy atom. The number of nitro groups is 1. The lowest BCUT2D eigenvalue weighted by molar-refractivity contribution is -0.384. The summed E-state index contributed by atoms with van der Waals surface area (Å²) in [5, 5.41) is 15.8. The molecule has 1 aromatic heterocycles. The lowest BCUT2D eigenvalue weighted by Crippen LogP contribution is -2.38. The fraction of sp³-hybridized carbons (Fsp3) is 0.348. The Hall–Kier alpha value is -3.46. The van der Waals surface area contributed by atoms with E-state index in [1.54, 1.807) is 9.47 Å². The fourth-order valence-electron chi connectivity index (χ4n) is 4.23. The third-order valence-electron chi connectivity index (χ3n) is 5.98. The maximum absolute atomic E-state index is 12.9. The highest BCUT2D eigenvalue weighted by atomic mass is 35.5. The summed E-state index contributed by atoms with van der Waals surface area (Å²) < 4.78 is 3.20. The number of nitro benzene ring substituents is 1. The summed E-state index contributed by atoms with van der Waals surface area (Å²) in [6.45, 7) is 3.81. The Morgan fingerprint density at radius 2 is 1.88 bits per heavy atom. The Bertz CT molecular complexity index is 1230. The molecule has 0 N–H and O–H groups in total. The van der Waals surface area contributed by atoms with Crippen LogP contribution in [0.5, 0.6) is 0 Å². The SMILES string of the molecule is CCn1c(C2CCN(C(=O)c3ccc(Cl)c([N+](=O)[O-])c3)CC2)nn(Cc2ccccc2)c1=O. The lowest BCUT2D eigenvalue weighted by Gasteiger charge is -2.31. The molecule has 172 valence electrons. The smallest absolute Gasteiger partial charge is 0.339 e. The molecule has 1 aliphatic heterocycles. The number of carbonyl (C=O) groups excluding carboxylic acids is 1. The standard InChI is InChI=1S/C23H24ClN5O4/c1-2-27-21(25-28(23(27)31)15-16-6-4-3-5-7-16)17-10-12-26(13-11-17)22(30)18-8-9-19(24)20(14-18)29(32)33/h3-9,14,17H,2,10-13,15H2,1H3. The average molecular weight is 470 g/mol.